The lowest BCUT2D eigenvalue weighted by Crippen LogP contribution is -2.36. The molecule has 28 heavy (non-hydrogen) atoms. The van der Waals surface area contributed by atoms with E-state index in [9.17, 15) is 14.8 Å². The molecule has 0 saturated carbocycles. The molecule has 0 unspecified atom stereocenters. The maximum Gasteiger partial charge on any atom is 0.277 e. The summed E-state index contributed by atoms with van der Waals surface area (Å²) in [7, 11) is 1.58. The highest BCUT2D eigenvalue weighted by molar-refractivity contribution is 5.94. The number of ether oxygens (including phenoxy) is 1. The molecule has 6 heteroatoms. The van der Waals surface area contributed by atoms with Crippen LogP contribution in [0.4, 0.5) is 0 Å². The Morgan fingerprint density at radius 2 is 2.07 bits per heavy atom. The van der Waals surface area contributed by atoms with Crippen LogP contribution in [0.2, 0.25) is 0 Å². The number of nitrogens with zero attached hydrogens (tertiary/aromatic N) is 1. The second-order valence-electron chi connectivity index (χ2n) is 7.66. The molecule has 1 spiro atoms. The average Bonchev–Trinajstić information content (AvgIpc) is 3.06. The van der Waals surface area contributed by atoms with Crippen molar-refractivity contribution in [2.75, 3.05) is 13.7 Å². The molecule has 2 aliphatic rings. The molecular formula is C22H24N2O4. The Morgan fingerprint density at radius 3 is 2.82 bits per heavy atom. The summed E-state index contributed by atoms with van der Waals surface area (Å²) in [5, 5.41) is 14.0. The van der Waals surface area contributed by atoms with Crippen molar-refractivity contribution < 1.29 is 19.5 Å². The van der Waals surface area contributed by atoms with Gasteiger partial charge in [0.2, 0.25) is 5.91 Å². The highest BCUT2D eigenvalue weighted by Crippen LogP contribution is 2.41. The zero-order chi connectivity index (χ0) is 19.7. The number of fused-ring (bicyclic) bond motifs is 1. The van der Waals surface area contributed by atoms with E-state index in [0.717, 1.165) is 54.0 Å². The number of nitrogens with one attached hydrogen (secondary N) is 1. The van der Waals surface area contributed by atoms with E-state index in [-0.39, 0.29) is 17.9 Å². The normalized spacial score (nSPS) is 20.6. The lowest BCUT2D eigenvalue weighted by molar-refractivity contribution is -0.128. The Balaban J connectivity index is 1.49. The summed E-state index contributed by atoms with van der Waals surface area (Å²) in [4.78, 5) is 24.9. The van der Waals surface area contributed by atoms with Crippen LogP contribution < -0.4 is 10.1 Å². The third kappa shape index (κ3) is 3.36. The van der Waals surface area contributed by atoms with Crippen LogP contribution >= 0.6 is 0 Å². The fourth-order valence-corrected chi connectivity index (χ4v) is 4.28. The zero-order valence-corrected chi connectivity index (χ0v) is 15.9. The summed E-state index contributed by atoms with van der Waals surface area (Å²) in [6.07, 6.45) is 3.16. The Morgan fingerprint density at radius 1 is 1.21 bits per heavy atom. The molecule has 2 aromatic rings. The van der Waals surface area contributed by atoms with Gasteiger partial charge in [-0.2, -0.15) is 0 Å². The zero-order valence-electron chi connectivity index (χ0n) is 15.9. The summed E-state index contributed by atoms with van der Waals surface area (Å²) in [5.74, 6) is 0.389. The SMILES string of the molecule is COc1cccc(CN(O)C(=O)c2ccc3c(c2)CC[C@@]2(CCNC2=O)C3)c1. The van der Waals surface area contributed by atoms with Gasteiger partial charge in [0.1, 0.15) is 5.75 Å². The molecule has 0 bridgehead atoms. The van der Waals surface area contributed by atoms with Crippen molar-refractivity contribution in [2.45, 2.75) is 32.2 Å². The monoisotopic (exact) mass is 380 g/mol. The van der Waals surface area contributed by atoms with Crippen LogP contribution in [0, 0.1) is 5.41 Å². The van der Waals surface area contributed by atoms with E-state index in [2.05, 4.69) is 5.32 Å². The van der Waals surface area contributed by atoms with Gasteiger partial charge in [-0.25, -0.2) is 5.06 Å². The van der Waals surface area contributed by atoms with E-state index in [1.54, 1.807) is 19.2 Å². The molecule has 4 rings (SSSR count). The number of amides is 2. The second kappa shape index (κ2) is 7.28. The van der Waals surface area contributed by atoms with Crippen molar-refractivity contribution in [3.8, 4) is 5.75 Å². The van der Waals surface area contributed by atoms with Gasteiger partial charge >= 0.3 is 0 Å². The molecule has 6 nitrogen and oxygen atoms in total. The molecule has 2 amide bonds. The van der Waals surface area contributed by atoms with Crippen molar-refractivity contribution in [1.29, 1.82) is 0 Å². The topological polar surface area (TPSA) is 78.9 Å². The fourth-order valence-electron chi connectivity index (χ4n) is 4.28. The maximum absolute atomic E-state index is 12.7. The standard InChI is InChI=1S/C22H24N2O4/c1-28-19-4-2-3-15(11-19)14-24(27)20(25)17-5-6-18-13-22(8-7-16(18)12-17)9-10-23-21(22)26/h2-6,11-12,27H,7-10,13-14H2,1H3,(H,23,26)/t22-/m1/s1. The van der Waals surface area contributed by atoms with E-state index in [1.807, 2.05) is 30.3 Å². The largest absolute Gasteiger partial charge is 0.497 e. The fraction of sp³-hybridized carbons (Fsp3) is 0.364. The van der Waals surface area contributed by atoms with Crippen LogP contribution in [0.5, 0.6) is 5.75 Å². The van der Waals surface area contributed by atoms with E-state index >= 15 is 0 Å². The number of methoxy groups -OCH3 is 1. The summed E-state index contributed by atoms with van der Waals surface area (Å²) < 4.78 is 5.18. The van der Waals surface area contributed by atoms with Gasteiger partial charge in [-0.05, 0) is 66.6 Å². The first-order valence-electron chi connectivity index (χ1n) is 9.54. The number of hydrogen-bond acceptors (Lipinski definition) is 4. The van der Waals surface area contributed by atoms with Gasteiger partial charge in [0.15, 0.2) is 0 Å². The molecule has 2 aromatic carbocycles. The first-order chi connectivity index (χ1) is 13.5. The van der Waals surface area contributed by atoms with Crippen LogP contribution in [-0.4, -0.2) is 35.7 Å². The second-order valence-corrected chi connectivity index (χ2v) is 7.66. The summed E-state index contributed by atoms with van der Waals surface area (Å²) in [6, 6.07) is 12.8. The molecular weight excluding hydrogens is 356 g/mol. The van der Waals surface area contributed by atoms with Gasteiger partial charge in [0.05, 0.1) is 19.1 Å². The molecule has 0 aromatic heterocycles. The lowest BCUT2D eigenvalue weighted by Gasteiger charge is -2.32. The predicted molar refractivity (Wildman–Crippen MR) is 103 cm³/mol. The van der Waals surface area contributed by atoms with Crippen LogP contribution in [0.1, 0.15) is 39.9 Å². The van der Waals surface area contributed by atoms with Crippen LogP contribution in [0.25, 0.3) is 0 Å². The van der Waals surface area contributed by atoms with E-state index in [4.69, 9.17) is 4.74 Å². The van der Waals surface area contributed by atoms with Gasteiger partial charge in [-0.15, -0.1) is 0 Å². The number of hydroxylamine groups is 2. The highest BCUT2D eigenvalue weighted by atomic mass is 16.5. The van der Waals surface area contributed by atoms with Crippen LogP contribution in [0.15, 0.2) is 42.5 Å². The number of carbonyl (C=O) groups excluding carboxylic acids is 2. The molecule has 1 heterocycles. The van der Waals surface area contributed by atoms with Gasteiger partial charge < -0.3 is 10.1 Å². The van der Waals surface area contributed by atoms with Crippen molar-refractivity contribution in [2.24, 2.45) is 5.41 Å². The quantitative estimate of drug-likeness (QED) is 0.631. The molecule has 146 valence electrons. The summed E-state index contributed by atoms with van der Waals surface area (Å²) >= 11 is 0. The van der Waals surface area contributed by atoms with Crippen LogP contribution in [-0.2, 0) is 24.2 Å². The Bertz CT molecular complexity index is 927. The van der Waals surface area contributed by atoms with Gasteiger partial charge in [-0.1, -0.05) is 18.2 Å². The predicted octanol–water partition coefficient (Wildman–Crippen LogP) is 2.72. The first kappa shape index (κ1) is 18.5. The van der Waals surface area contributed by atoms with Crippen molar-refractivity contribution in [3.63, 3.8) is 0 Å². The van der Waals surface area contributed by atoms with Gasteiger partial charge in [0, 0.05) is 12.1 Å². The number of carbonyl (C=O) groups is 2. The number of benzene rings is 2. The van der Waals surface area contributed by atoms with E-state index in [1.165, 1.54) is 0 Å². The van der Waals surface area contributed by atoms with Gasteiger partial charge in [0.25, 0.3) is 5.91 Å². The summed E-state index contributed by atoms with van der Waals surface area (Å²) in [5.41, 5.74) is 3.16. The van der Waals surface area contributed by atoms with Crippen LogP contribution in [0.3, 0.4) is 0 Å². The minimum absolute atomic E-state index is 0.0798. The molecule has 1 fully saturated rings. The average molecular weight is 380 g/mol. The molecule has 1 aliphatic carbocycles. The Kier molecular flexibility index (Phi) is 4.81. The highest BCUT2D eigenvalue weighted by Gasteiger charge is 2.44. The number of hydrogen-bond donors (Lipinski definition) is 2. The third-order valence-corrected chi connectivity index (χ3v) is 5.93. The minimum Gasteiger partial charge on any atom is -0.497 e. The molecule has 1 atom stereocenters. The Labute approximate surface area is 164 Å². The molecule has 1 aliphatic heterocycles. The van der Waals surface area contributed by atoms with Gasteiger partial charge in [-0.3, -0.25) is 14.8 Å². The van der Waals surface area contributed by atoms with Crippen molar-refractivity contribution in [1.82, 2.24) is 10.4 Å². The number of aryl methyl sites for hydroxylation is 1. The molecule has 1 saturated heterocycles. The summed E-state index contributed by atoms with van der Waals surface area (Å²) in [6.45, 7) is 0.824. The minimum atomic E-state index is -0.440. The van der Waals surface area contributed by atoms with E-state index in [0.29, 0.717) is 11.3 Å². The van der Waals surface area contributed by atoms with Crippen molar-refractivity contribution in [3.05, 3.63) is 64.7 Å². The third-order valence-electron chi connectivity index (χ3n) is 5.93. The molecule has 0 radical (unpaired) electrons. The van der Waals surface area contributed by atoms with E-state index < -0.39 is 5.91 Å². The lowest BCUT2D eigenvalue weighted by atomic mass is 9.70. The van der Waals surface area contributed by atoms with Crippen molar-refractivity contribution >= 4 is 11.8 Å². The Hall–Kier alpha value is -2.86. The first-order valence-corrected chi connectivity index (χ1v) is 9.54. The number of rotatable bonds is 4. The smallest absolute Gasteiger partial charge is 0.277 e. The maximum atomic E-state index is 12.7. The molecule has 2 N–H and O–H groups in total.